The molecule has 1 aliphatic carbocycles. The molecule has 0 bridgehead atoms. The van der Waals surface area contributed by atoms with Crippen LogP contribution in [0.5, 0.6) is 0 Å². The van der Waals surface area contributed by atoms with Gasteiger partial charge in [-0.15, -0.1) is 17.5 Å². The second-order valence-electron chi connectivity index (χ2n) is 4.82. The standard InChI is InChI=1S/C14H18N4O.ClH/c1-15-9-13-17-18-14(19-13)16-12-8-4-6-10-5-2-3-7-11(10)12;/h2-3,5,7,12,15H,4,6,8-9H2,1H3,(H,16,18);1H. The van der Waals surface area contributed by atoms with Gasteiger partial charge in [0.15, 0.2) is 0 Å². The van der Waals surface area contributed by atoms with E-state index >= 15 is 0 Å². The van der Waals surface area contributed by atoms with Gasteiger partial charge >= 0.3 is 6.01 Å². The number of hydrogen-bond acceptors (Lipinski definition) is 5. The molecule has 0 spiro atoms. The fourth-order valence-corrected chi connectivity index (χ4v) is 2.59. The van der Waals surface area contributed by atoms with Crippen molar-refractivity contribution in [1.82, 2.24) is 15.5 Å². The molecule has 5 nitrogen and oxygen atoms in total. The molecule has 1 aliphatic rings. The zero-order valence-electron chi connectivity index (χ0n) is 11.4. The van der Waals surface area contributed by atoms with Crippen LogP contribution in [0.4, 0.5) is 6.01 Å². The van der Waals surface area contributed by atoms with Crippen molar-refractivity contribution in [1.29, 1.82) is 0 Å². The molecule has 3 rings (SSSR count). The summed E-state index contributed by atoms with van der Waals surface area (Å²) in [6, 6.07) is 9.33. The highest BCUT2D eigenvalue weighted by Crippen LogP contribution is 2.31. The Bertz CT molecular complexity index is 558. The van der Waals surface area contributed by atoms with Crippen LogP contribution in [0.3, 0.4) is 0 Å². The van der Waals surface area contributed by atoms with Gasteiger partial charge in [-0.3, -0.25) is 0 Å². The molecule has 6 heteroatoms. The van der Waals surface area contributed by atoms with E-state index in [1.807, 2.05) is 7.05 Å². The van der Waals surface area contributed by atoms with E-state index in [9.17, 15) is 0 Å². The van der Waals surface area contributed by atoms with Crippen molar-refractivity contribution < 1.29 is 4.42 Å². The Hall–Kier alpha value is -1.59. The SMILES string of the molecule is CNCc1nnc(NC2CCCc3ccccc32)o1.Cl. The minimum Gasteiger partial charge on any atom is -0.407 e. The first-order chi connectivity index (χ1) is 9.36. The van der Waals surface area contributed by atoms with E-state index in [-0.39, 0.29) is 18.4 Å². The smallest absolute Gasteiger partial charge is 0.315 e. The van der Waals surface area contributed by atoms with Gasteiger partial charge in [-0.1, -0.05) is 29.4 Å². The van der Waals surface area contributed by atoms with Gasteiger partial charge in [0.1, 0.15) is 0 Å². The Morgan fingerprint density at radius 2 is 2.15 bits per heavy atom. The maximum atomic E-state index is 5.55. The number of hydrogen-bond donors (Lipinski definition) is 2. The van der Waals surface area contributed by atoms with E-state index in [1.54, 1.807) is 0 Å². The summed E-state index contributed by atoms with van der Waals surface area (Å²) in [6.45, 7) is 0.593. The Kier molecular flexibility index (Phi) is 4.98. The minimum absolute atomic E-state index is 0. The highest BCUT2D eigenvalue weighted by Gasteiger charge is 2.21. The highest BCUT2D eigenvalue weighted by atomic mass is 35.5. The van der Waals surface area contributed by atoms with Crippen LogP contribution in [0.2, 0.25) is 0 Å². The van der Waals surface area contributed by atoms with Crippen LogP contribution in [-0.4, -0.2) is 17.2 Å². The van der Waals surface area contributed by atoms with Gasteiger partial charge in [0.2, 0.25) is 5.89 Å². The Balaban J connectivity index is 0.00000147. The van der Waals surface area contributed by atoms with E-state index in [2.05, 4.69) is 45.1 Å². The second-order valence-corrected chi connectivity index (χ2v) is 4.82. The fraction of sp³-hybridized carbons (Fsp3) is 0.429. The molecule has 1 aromatic carbocycles. The van der Waals surface area contributed by atoms with Crippen LogP contribution in [0.1, 0.15) is 35.9 Å². The molecule has 2 aromatic rings. The normalized spacial score (nSPS) is 17.1. The lowest BCUT2D eigenvalue weighted by Crippen LogP contribution is -2.17. The summed E-state index contributed by atoms with van der Waals surface area (Å²) in [4.78, 5) is 0. The van der Waals surface area contributed by atoms with Crippen LogP contribution < -0.4 is 10.6 Å². The van der Waals surface area contributed by atoms with E-state index in [1.165, 1.54) is 17.5 Å². The third kappa shape index (κ3) is 3.11. The summed E-state index contributed by atoms with van der Waals surface area (Å²) in [5, 5.41) is 14.4. The second kappa shape index (κ2) is 6.72. The highest BCUT2D eigenvalue weighted by molar-refractivity contribution is 5.85. The van der Waals surface area contributed by atoms with Crippen molar-refractivity contribution in [3.05, 3.63) is 41.3 Å². The van der Waals surface area contributed by atoms with Crippen molar-refractivity contribution in [3.8, 4) is 0 Å². The molecule has 0 radical (unpaired) electrons. The maximum Gasteiger partial charge on any atom is 0.315 e. The number of rotatable bonds is 4. The average molecular weight is 295 g/mol. The van der Waals surface area contributed by atoms with Gasteiger partial charge in [0.25, 0.3) is 0 Å². The fourth-order valence-electron chi connectivity index (χ4n) is 2.59. The summed E-state index contributed by atoms with van der Waals surface area (Å²) in [7, 11) is 1.86. The molecule has 0 fully saturated rings. The zero-order valence-corrected chi connectivity index (χ0v) is 12.2. The molecular formula is C14H19ClN4O. The summed E-state index contributed by atoms with van der Waals surface area (Å²) in [5.41, 5.74) is 2.77. The third-order valence-electron chi connectivity index (χ3n) is 3.46. The summed E-state index contributed by atoms with van der Waals surface area (Å²) in [6.07, 6.45) is 3.44. The molecule has 1 atom stereocenters. The van der Waals surface area contributed by atoms with Gasteiger partial charge in [0, 0.05) is 0 Å². The first-order valence-electron chi connectivity index (χ1n) is 6.68. The first kappa shape index (κ1) is 14.8. The van der Waals surface area contributed by atoms with Gasteiger partial charge in [-0.25, -0.2) is 0 Å². The van der Waals surface area contributed by atoms with E-state index in [0.29, 0.717) is 18.5 Å². The van der Waals surface area contributed by atoms with Crippen LogP contribution >= 0.6 is 12.4 Å². The number of nitrogens with one attached hydrogen (secondary N) is 2. The largest absolute Gasteiger partial charge is 0.407 e. The van der Waals surface area contributed by atoms with E-state index in [0.717, 1.165) is 12.8 Å². The predicted molar refractivity (Wildman–Crippen MR) is 80.1 cm³/mol. The molecule has 1 unspecified atom stereocenters. The molecule has 20 heavy (non-hydrogen) atoms. The van der Waals surface area contributed by atoms with Crippen molar-refractivity contribution in [3.63, 3.8) is 0 Å². The molecule has 0 aliphatic heterocycles. The number of fused-ring (bicyclic) bond motifs is 1. The Morgan fingerprint density at radius 1 is 1.30 bits per heavy atom. The topological polar surface area (TPSA) is 63.0 Å². The molecule has 0 amide bonds. The number of aromatic nitrogens is 2. The number of benzene rings is 1. The van der Waals surface area contributed by atoms with Crippen LogP contribution in [-0.2, 0) is 13.0 Å². The van der Waals surface area contributed by atoms with Gasteiger partial charge in [-0.2, -0.15) is 0 Å². The molecule has 0 saturated carbocycles. The molecule has 0 saturated heterocycles. The molecule has 1 aromatic heterocycles. The Labute approximate surface area is 124 Å². The summed E-state index contributed by atoms with van der Waals surface area (Å²) >= 11 is 0. The van der Waals surface area contributed by atoms with E-state index in [4.69, 9.17) is 4.42 Å². The predicted octanol–water partition coefficient (Wildman–Crippen LogP) is 2.70. The summed E-state index contributed by atoms with van der Waals surface area (Å²) < 4.78 is 5.55. The third-order valence-corrected chi connectivity index (χ3v) is 3.46. The van der Waals surface area contributed by atoms with Crippen molar-refractivity contribution >= 4 is 18.4 Å². The molecule has 108 valence electrons. The number of halogens is 1. The first-order valence-corrected chi connectivity index (χ1v) is 6.68. The molecular weight excluding hydrogens is 276 g/mol. The number of anilines is 1. The number of aryl methyl sites for hydroxylation is 1. The lowest BCUT2D eigenvalue weighted by atomic mass is 9.88. The van der Waals surface area contributed by atoms with Crippen molar-refractivity contribution in [2.75, 3.05) is 12.4 Å². The van der Waals surface area contributed by atoms with Crippen LogP contribution in [0.25, 0.3) is 0 Å². The average Bonchev–Trinajstić information content (AvgIpc) is 2.87. The van der Waals surface area contributed by atoms with Crippen LogP contribution in [0, 0.1) is 0 Å². The van der Waals surface area contributed by atoms with Gasteiger partial charge in [-0.05, 0) is 37.4 Å². The van der Waals surface area contributed by atoms with E-state index < -0.39 is 0 Å². The Morgan fingerprint density at radius 3 is 3.00 bits per heavy atom. The minimum atomic E-state index is 0. The molecule has 1 heterocycles. The van der Waals surface area contributed by atoms with Crippen molar-refractivity contribution in [2.24, 2.45) is 0 Å². The van der Waals surface area contributed by atoms with Crippen molar-refractivity contribution in [2.45, 2.75) is 31.8 Å². The lowest BCUT2D eigenvalue weighted by Gasteiger charge is -2.25. The molecule has 2 N–H and O–H groups in total. The maximum absolute atomic E-state index is 5.55. The zero-order chi connectivity index (χ0) is 13.1. The number of nitrogens with zero attached hydrogens (tertiary/aromatic N) is 2. The van der Waals surface area contributed by atoms with Gasteiger partial charge < -0.3 is 15.1 Å². The monoisotopic (exact) mass is 294 g/mol. The lowest BCUT2D eigenvalue weighted by molar-refractivity contribution is 0.478. The van der Waals surface area contributed by atoms with Crippen LogP contribution in [0.15, 0.2) is 28.7 Å². The quantitative estimate of drug-likeness (QED) is 0.908. The van der Waals surface area contributed by atoms with Gasteiger partial charge in [0.05, 0.1) is 12.6 Å². The summed E-state index contributed by atoms with van der Waals surface area (Å²) in [5.74, 6) is 0.606.